The van der Waals surface area contributed by atoms with E-state index in [0.717, 1.165) is 17.1 Å². The van der Waals surface area contributed by atoms with E-state index >= 15 is 0 Å². The van der Waals surface area contributed by atoms with Crippen LogP contribution in [0, 0.1) is 0 Å². The predicted molar refractivity (Wildman–Crippen MR) is 112 cm³/mol. The van der Waals surface area contributed by atoms with Gasteiger partial charge >= 0.3 is 5.97 Å². The number of nitrogens with zero attached hydrogens (tertiary/aromatic N) is 3. The Kier molecular flexibility index (Phi) is 5.25. The maximum atomic E-state index is 12.1. The van der Waals surface area contributed by atoms with Crippen LogP contribution in [0.25, 0.3) is 11.4 Å². The molecule has 0 aliphatic carbocycles. The Hall–Kier alpha value is -2.54. The molecule has 7 heteroatoms. The Bertz CT molecular complexity index is 987. The summed E-state index contributed by atoms with van der Waals surface area (Å²) in [6.45, 7) is 8.98. The number of carbonyl (C=O) groups excluding carboxylic acids is 1. The number of carbonyl (C=O) groups is 1. The quantitative estimate of drug-likeness (QED) is 0.568. The van der Waals surface area contributed by atoms with Crippen LogP contribution in [-0.4, -0.2) is 32.1 Å². The van der Waals surface area contributed by atoms with Gasteiger partial charge in [-0.15, -0.1) is 10.2 Å². The summed E-state index contributed by atoms with van der Waals surface area (Å²) >= 11 is 1.41. The van der Waals surface area contributed by atoms with Crippen LogP contribution in [-0.2, 0) is 21.5 Å². The van der Waals surface area contributed by atoms with Crippen LogP contribution in [0.15, 0.2) is 52.2 Å². The highest BCUT2D eigenvalue weighted by atomic mass is 32.2. The molecule has 3 aromatic rings. The Morgan fingerprint density at radius 2 is 1.93 bits per heavy atom. The monoisotopic (exact) mass is 411 g/mol. The molecule has 6 nitrogen and oxygen atoms in total. The van der Waals surface area contributed by atoms with Crippen LogP contribution in [0.1, 0.15) is 45.4 Å². The molecular weight excluding hydrogens is 386 g/mol. The van der Waals surface area contributed by atoms with Crippen LogP contribution < -0.4 is 0 Å². The fourth-order valence-electron chi connectivity index (χ4n) is 3.35. The van der Waals surface area contributed by atoms with Gasteiger partial charge in [0.15, 0.2) is 11.0 Å². The number of aromatic nitrogens is 3. The molecule has 0 unspecified atom stereocenters. The minimum atomic E-state index is -0.263. The summed E-state index contributed by atoms with van der Waals surface area (Å²) in [5, 5.41) is 9.26. The van der Waals surface area contributed by atoms with Gasteiger partial charge in [-0.05, 0) is 30.0 Å². The number of cyclic esters (lactones) is 1. The number of benzene rings is 1. The van der Waals surface area contributed by atoms with Gasteiger partial charge < -0.3 is 9.15 Å². The van der Waals surface area contributed by atoms with Gasteiger partial charge in [-0.3, -0.25) is 9.36 Å². The fraction of sp³-hybridized carbons (Fsp3) is 0.409. The molecule has 4 rings (SSSR count). The van der Waals surface area contributed by atoms with Crippen LogP contribution in [0.3, 0.4) is 0 Å². The normalized spacial score (nSPS) is 19.5. The lowest BCUT2D eigenvalue weighted by molar-refractivity contribution is -0.140. The third kappa shape index (κ3) is 4.24. The second-order valence-electron chi connectivity index (χ2n) is 8.39. The average Bonchev–Trinajstić information content (AvgIpc) is 3.38. The summed E-state index contributed by atoms with van der Waals surface area (Å²) < 4.78 is 12.8. The molecule has 2 atom stereocenters. The molecule has 0 amide bonds. The van der Waals surface area contributed by atoms with Crippen molar-refractivity contribution in [2.75, 3.05) is 0 Å². The zero-order valence-corrected chi connectivity index (χ0v) is 17.9. The van der Waals surface area contributed by atoms with Crippen molar-refractivity contribution in [3.05, 3.63) is 54.0 Å². The van der Waals surface area contributed by atoms with E-state index in [1.807, 2.05) is 23.6 Å². The summed E-state index contributed by atoms with van der Waals surface area (Å²) in [7, 11) is 0. The van der Waals surface area contributed by atoms with E-state index in [9.17, 15) is 4.79 Å². The topological polar surface area (TPSA) is 70.2 Å². The molecule has 1 aromatic carbocycles. The third-order valence-corrected chi connectivity index (χ3v) is 6.18. The molecule has 0 N–H and O–H groups in total. The van der Waals surface area contributed by atoms with E-state index in [2.05, 4.69) is 55.2 Å². The summed E-state index contributed by atoms with van der Waals surface area (Å²) in [6, 6.07) is 12.2. The van der Waals surface area contributed by atoms with Gasteiger partial charge in [-0.25, -0.2) is 0 Å². The SMILES string of the molecule is C[C@@H]1C[C@@H](Sc2nnc(-c3ccc(C(C)(C)C)cc3)n2Cc2ccco2)C(=O)O1. The minimum absolute atomic E-state index is 0.0640. The average molecular weight is 412 g/mol. The molecule has 3 heterocycles. The first-order valence-corrected chi connectivity index (χ1v) is 10.6. The van der Waals surface area contributed by atoms with Crippen LogP contribution in [0.2, 0.25) is 0 Å². The van der Waals surface area contributed by atoms with E-state index in [1.165, 1.54) is 17.3 Å². The number of rotatable bonds is 5. The number of furan rings is 1. The van der Waals surface area contributed by atoms with Gasteiger partial charge in [0.05, 0.1) is 12.8 Å². The standard InChI is InChI=1S/C22H25N3O3S/c1-14-12-18(20(26)28-14)29-21-24-23-19(25(21)13-17-6-5-11-27-17)15-7-9-16(10-8-15)22(2,3)4/h5-11,14,18H,12-13H2,1-4H3/t14-,18-/m1/s1. The first-order chi connectivity index (χ1) is 13.8. The van der Waals surface area contributed by atoms with E-state index in [1.54, 1.807) is 6.26 Å². The lowest BCUT2D eigenvalue weighted by Crippen LogP contribution is -2.12. The Morgan fingerprint density at radius 1 is 1.17 bits per heavy atom. The number of hydrogen-bond donors (Lipinski definition) is 0. The molecule has 1 fully saturated rings. The van der Waals surface area contributed by atoms with Crippen molar-refractivity contribution in [1.29, 1.82) is 0 Å². The number of thioether (sulfide) groups is 1. The third-order valence-electron chi connectivity index (χ3n) is 4.99. The first-order valence-electron chi connectivity index (χ1n) is 9.75. The van der Waals surface area contributed by atoms with Crippen LogP contribution >= 0.6 is 11.8 Å². The summed E-state index contributed by atoms with van der Waals surface area (Å²) in [5.74, 6) is 1.37. The van der Waals surface area contributed by atoms with Crippen molar-refractivity contribution in [2.45, 2.75) is 62.6 Å². The van der Waals surface area contributed by atoms with Crippen molar-refractivity contribution in [2.24, 2.45) is 0 Å². The Labute approximate surface area is 174 Å². The van der Waals surface area contributed by atoms with Gasteiger partial charge in [0.25, 0.3) is 0 Å². The van der Waals surface area contributed by atoms with Gasteiger partial charge in [0.1, 0.15) is 17.1 Å². The largest absolute Gasteiger partial charge is 0.467 e. The highest BCUT2D eigenvalue weighted by molar-refractivity contribution is 8.00. The first kappa shape index (κ1) is 19.8. The van der Waals surface area contributed by atoms with Gasteiger partial charge in [-0.1, -0.05) is 56.8 Å². The molecule has 1 aliphatic rings. The molecule has 2 aromatic heterocycles. The number of esters is 1. The number of hydrogen-bond acceptors (Lipinski definition) is 6. The van der Waals surface area contributed by atoms with Crippen molar-refractivity contribution < 1.29 is 13.9 Å². The van der Waals surface area contributed by atoms with E-state index in [4.69, 9.17) is 9.15 Å². The van der Waals surface area contributed by atoms with Crippen LogP contribution in [0.5, 0.6) is 0 Å². The maximum Gasteiger partial charge on any atom is 0.319 e. The summed E-state index contributed by atoms with van der Waals surface area (Å²) in [4.78, 5) is 12.1. The highest BCUT2D eigenvalue weighted by Crippen LogP contribution is 2.34. The van der Waals surface area contributed by atoms with Crippen molar-refractivity contribution in [3.8, 4) is 11.4 Å². The summed E-state index contributed by atoms with van der Waals surface area (Å²) in [6.07, 6.45) is 2.26. The second kappa shape index (κ2) is 7.71. The fourth-order valence-corrected chi connectivity index (χ4v) is 4.49. The Balaban J connectivity index is 1.68. The van der Waals surface area contributed by atoms with Gasteiger partial charge in [-0.2, -0.15) is 0 Å². The van der Waals surface area contributed by atoms with Crippen molar-refractivity contribution in [1.82, 2.24) is 14.8 Å². The van der Waals surface area contributed by atoms with E-state index in [-0.39, 0.29) is 22.7 Å². The van der Waals surface area contributed by atoms with Crippen LogP contribution in [0.4, 0.5) is 0 Å². The van der Waals surface area contributed by atoms with Gasteiger partial charge in [0, 0.05) is 12.0 Å². The molecular formula is C22H25N3O3S. The zero-order chi connectivity index (χ0) is 20.6. The molecule has 0 spiro atoms. The molecule has 1 aliphatic heterocycles. The molecule has 152 valence electrons. The molecule has 0 radical (unpaired) electrons. The maximum absolute atomic E-state index is 12.1. The predicted octanol–water partition coefficient (Wildman–Crippen LogP) is 4.68. The van der Waals surface area contributed by atoms with Crippen molar-refractivity contribution >= 4 is 17.7 Å². The molecule has 29 heavy (non-hydrogen) atoms. The smallest absolute Gasteiger partial charge is 0.319 e. The van der Waals surface area contributed by atoms with Gasteiger partial charge in [0.2, 0.25) is 0 Å². The van der Waals surface area contributed by atoms with E-state index < -0.39 is 0 Å². The lowest BCUT2D eigenvalue weighted by atomic mass is 9.87. The molecule has 0 bridgehead atoms. The second-order valence-corrected chi connectivity index (χ2v) is 9.56. The minimum Gasteiger partial charge on any atom is -0.467 e. The Morgan fingerprint density at radius 3 is 2.52 bits per heavy atom. The molecule has 1 saturated heterocycles. The highest BCUT2D eigenvalue weighted by Gasteiger charge is 2.34. The molecule has 0 saturated carbocycles. The van der Waals surface area contributed by atoms with Crippen molar-refractivity contribution in [3.63, 3.8) is 0 Å². The number of ether oxygens (including phenoxy) is 1. The summed E-state index contributed by atoms with van der Waals surface area (Å²) in [5.41, 5.74) is 2.32. The zero-order valence-electron chi connectivity index (χ0n) is 17.1. The van der Waals surface area contributed by atoms with E-state index in [0.29, 0.717) is 18.1 Å². The lowest BCUT2D eigenvalue weighted by Gasteiger charge is -2.19.